The predicted molar refractivity (Wildman–Crippen MR) is 127 cm³/mol. The Balaban J connectivity index is 1.51. The van der Waals surface area contributed by atoms with Gasteiger partial charge in [0.25, 0.3) is 0 Å². The van der Waals surface area contributed by atoms with Gasteiger partial charge in [-0.15, -0.1) is 11.3 Å². The molecule has 0 spiro atoms. The molecular formula is C25H26N4O2S. The highest BCUT2D eigenvalue weighted by molar-refractivity contribution is 7.15. The second-order valence-corrected chi connectivity index (χ2v) is 9.07. The van der Waals surface area contributed by atoms with Gasteiger partial charge in [0, 0.05) is 21.8 Å². The molecule has 4 rings (SSSR count). The standard InChI is InChI=1S/C25H26N4O2S/c1-16-11-19(15-27-28-24(30)13-18-7-6-8-20(12-18)31-3)17(2)29(16)25-22(14-26)21-9-4-5-10-23(21)32-25/h6-8,11-12,15H,4-5,9-10,13H2,1-3H3,(H,28,30)/b27-15-. The average Bonchev–Trinajstić information content (AvgIpc) is 3.29. The molecule has 0 atom stereocenters. The summed E-state index contributed by atoms with van der Waals surface area (Å²) < 4.78 is 7.34. The molecule has 2 heterocycles. The molecule has 0 aliphatic heterocycles. The van der Waals surface area contributed by atoms with Crippen molar-refractivity contribution in [1.29, 1.82) is 5.26 Å². The number of carbonyl (C=O) groups excluding carboxylic acids is 1. The Hall–Kier alpha value is -3.37. The van der Waals surface area contributed by atoms with Crippen molar-refractivity contribution in [2.75, 3.05) is 7.11 Å². The van der Waals surface area contributed by atoms with E-state index >= 15 is 0 Å². The average molecular weight is 447 g/mol. The van der Waals surface area contributed by atoms with Crippen LogP contribution in [0.15, 0.2) is 35.4 Å². The molecule has 7 heteroatoms. The van der Waals surface area contributed by atoms with E-state index in [0.29, 0.717) is 0 Å². The van der Waals surface area contributed by atoms with E-state index in [0.717, 1.165) is 58.1 Å². The second-order valence-electron chi connectivity index (χ2n) is 7.99. The van der Waals surface area contributed by atoms with Crippen molar-refractivity contribution in [3.63, 3.8) is 0 Å². The number of amides is 1. The van der Waals surface area contributed by atoms with Crippen molar-refractivity contribution in [2.45, 2.75) is 46.0 Å². The largest absolute Gasteiger partial charge is 0.497 e. The van der Waals surface area contributed by atoms with Gasteiger partial charge in [-0.2, -0.15) is 10.4 Å². The maximum atomic E-state index is 12.3. The lowest BCUT2D eigenvalue weighted by molar-refractivity contribution is -0.120. The zero-order valence-corrected chi connectivity index (χ0v) is 19.4. The monoisotopic (exact) mass is 446 g/mol. The Kier molecular flexibility index (Phi) is 6.42. The molecule has 164 valence electrons. The summed E-state index contributed by atoms with van der Waals surface area (Å²) in [5, 5.41) is 15.0. The van der Waals surface area contributed by atoms with Gasteiger partial charge in [-0.05, 0) is 68.9 Å². The highest BCUT2D eigenvalue weighted by atomic mass is 32.1. The van der Waals surface area contributed by atoms with Crippen molar-refractivity contribution in [2.24, 2.45) is 5.10 Å². The number of nitriles is 1. The van der Waals surface area contributed by atoms with E-state index in [2.05, 4.69) is 21.2 Å². The van der Waals surface area contributed by atoms with Crippen molar-refractivity contribution in [3.05, 3.63) is 68.9 Å². The van der Waals surface area contributed by atoms with Gasteiger partial charge in [-0.25, -0.2) is 5.43 Å². The third-order valence-corrected chi connectivity index (χ3v) is 7.11. The summed E-state index contributed by atoms with van der Waals surface area (Å²) in [5.41, 5.74) is 8.47. The summed E-state index contributed by atoms with van der Waals surface area (Å²) in [6.45, 7) is 4.05. The Morgan fingerprint density at radius 2 is 2.12 bits per heavy atom. The van der Waals surface area contributed by atoms with Crippen LogP contribution in [0.25, 0.3) is 5.00 Å². The van der Waals surface area contributed by atoms with Gasteiger partial charge < -0.3 is 9.30 Å². The molecular weight excluding hydrogens is 420 g/mol. The van der Waals surface area contributed by atoms with Crippen LogP contribution in [0.3, 0.4) is 0 Å². The molecule has 2 aromatic heterocycles. The Bertz CT molecular complexity index is 1230. The topological polar surface area (TPSA) is 79.4 Å². The summed E-state index contributed by atoms with van der Waals surface area (Å²) in [5.74, 6) is 0.527. The smallest absolute Gasteiger partial charge is 0.244 e. The lowest BCUT2D eigenvalue weighted by atomic mass is 9.96. The first-order valence-corrected chi connectivity index (χ1v) is 11.5. The third kappa shape index (κ3) is 4.32. The maximum Gasteiger partial charge on any atom is 0.244 e. The number of ether oxygens (including phenoxy) is 1. The van der Waals surface area contributed by atoms with E-state index in [1.165, 1.54) is 16.9 Å². The summed E-state index contributed by atoms with van der Waals surface area (Å²) in [7, 11) is 1.60. The van der Waals surface area contributed by atoms with Gasteiger partial charge in [-0.1, -0.05) is 12.1 Å². The molecule has 1 aliphatic rings. The van der Waals surface area contributed by atoms with E-state index in [1.54, 1.807) is 24.7 Å². The number of aryl methyl sites for hydroxylation is 2. The first-order chi connectivity index (χ1) is 15.5. The summed E-state index contributed by atoms with van der Waals surface area (Å²) in [6, 6.07) is 11.9. The van der Waals surface area contributed by atoms with E-state index < -0.39 is 0 Å². The molecule has 1 amide bonds. The molecule has 0 radical (unpaired) electrons. The van der Waals surface area contributed by atoms with Crippen molar-refractivity contribution >= 4 is 23.5 Å². The van der Waals surface area contributed by atoms with Crippen LogP contribution in [0.4, 0.5) is 0 Å². The number of hydrazone groups is 1. The number of nitrogens with one attached hydrogen (secondary N) is 1. The lowest BCUT2D eigenvalue weighted by Crippen LogP contribution is -2.19. The number of benzene rings is 1. The van der Waals surface area contributed by atoms with Crippen LogP contribution in [0.2, 0.25) is 0 Å². The van der Waals surface area contributed by atoms with E-state index in [-0.39, 0.29) is 12.3 Å². The van der Waals surface area contributed by atoms with E-state index in [9.17, 15) is 10.1 Å². The van der Waals surface area contributed by atoms with Crippen molar-refractivity contribution < 1.29 is 9.53 Å². The molecule has 32 heavy (non-hydrogen) atoms. The number of carbonyl (C=O) groups is 1. The van der Waals surface area contributed by atoms with Crippen LogP contribution in [0.5, 0.6) is 5.75 Å². The highest BCUT2D eigenvalue weighted by Crippen LogP contribution is 2.38. The van der Waals surface area contributed by atoms with Crippen LogP contribution >= 0.6 is 11.3 Å². The number of nitrogens with zero attached hydrogens (tertiary/aromatic N) is 3. The van der Waals surface area contributed by atoms with Crippen LogP contribution < -0.4 is 10.2 Å². The molecule has 1 N–H and O–H groups in total. The van der Waals surface area contributed by atoms with Gasteiger partial charge in [0.05, 0.1) is 25.3 Å². The second kappa shape index (κ2) is 9.41. The highest BCUT2D eigenvalue weighted by Gasteiger charge is 2.23. The molecule has 3 aromatic rings. The number of methoxy groups -OCH3 is 1. The number of fused-ring (bicyclic) bond motifs is 1. The predicted octanol–water partition coefficient (Wildman–Crippen LogP) is 4.61. The SMILES string of the molecule is COc1cccc(CC(=O)N/N=C\c2cc(C)n(-c3sc4c(c3C#N)CCCC4)c2C)c1. The van der Waals surface area contributed by atoms with Gasteiger partial charge in [0.15, 0.2) is 0 Å². The number of aromatic nitrogens is 1. The summed E-state index contributed by atoms with van der Waals surface area (Å²) >= 11 is 1.73. The molecule has 1 aliphatic carbocycles. The van der Waals surface area contributed by atoms with Crippen LogP contribution in [0.1, 0.15) is 51.4 Å². The molecule has 0 bridgehead atoms. The Morgan fingerprint density at radius 1 is 1.31 bits per heavy atom. The number of thiophene rings is 1. The first-order valence-electron chi connectivity index (χ1n) is 10.7. The minimum absolute atomic E-state index is 0.194. The maximum absolute atomic E-state index is 12.3. The van der Waals surface area contributed by atoms with Gasteiger partial charge in [0.1, 0.15) is 16.8 Å². The summed E-state index contributed by atoms with van der Waals surface area (Å²) in [4.78, 5) is 13.6. The van der Waals surface area contributed by atoms with Crippen LogP contribution in [-0.2, 0) is 24.1 Å². The van der Waals surface area contributed by atoms with Crippen LogP contribution in [0, 0.1) is 25.2 Å². The Morgan fingerprint density at radius 3 is 2.91 bits per heavy atom. The number of hydrogen-bond donors (Lipinski definition) is 1. The van der Waals surface area contributed by atoms with Crippen molar-refractivity contribution in [1.82, 2.24) is 9.99 Å². The fourth-order valence-electron chi connectivity index (χ4n) is 4.24. The molecule has 0 fully saturated rings. The molecule has 6 nitrogen and oxygen atoms in total. The van der Waals surface area contributed by atoms with Gasteiger partial charge >= 0.3 is 0 Å². The molecule has 0 unspecified atom stereocenters. The molecule has 0 saturated heterocycles. The first kappa shape index (κ1) is 21.8. The summed E-state index contributed by atoms with van der Waals surface area (Å²) in [6.07, 6.45) is 6.27. The van der Waals surface area contributed by atoms with Crippen molar-refractivity contribution in [3.8, 4) is 16.8 Å². The third-order valence-electron chi connectivity index (χ3n) is 5.83. The fraction of sp³-hybridized carbons (Fsp3) is 0.320. The van der Waals surface area contributed by atoms with E-state index in [4.69, 9.17) is 4.74 Å². The quantitative estimate of drug-likeness (QED) is 0.444. The van der Waals surface area contributed by atoms with Gasteiger partial charge in [-0.3, -0.25) is 4.79 Å². The number of rotatable bonds is 6. The van der Waals surface area contributed by atoms with Gasteiger partial charge in [0.2, 0.25) is 5.91 Å². The lowest BCUT2D eigenvalue weighted by Gasteiger charge is -2.10. The zero-order valence-electron chi connectivity index (χ0n) is 18.6. The Labute approximate surface area is 192 Å². The van der Waals surface area contributed by atoms with E-state index in [1.807, 2.05) is 44.2 Å². The fourth-order valence-corrected chi connectivity index (χ4v) is 5.69. The minimum Gasteiger partial charge on any atom is -0.497 e. The normalized spacial score (nSPS) is 13.1. The molecule has 1 aromatic carbocycles. The zero-order chi connectivity index (χ0) is 22.7. The molecule has 0 saturated carbocycles. The minimum atomic E-state index is -0.194. The number of hydrogen-bond acceptors (Lipinski definition) is 5. The van der Waals surface area contributed by atoms with Crippen LogP contribution in [-0.4, -0.2) is 23.8 Å².